The van der Waals surface area contributed by atoms with Gasteiger partial charge in [0.2, 0.25) is 5.91 Å². The van der Waals surface area contributed by atoms with Crippen LogP contribution in [-0.4, -0.2) is 69.8 Å². The number of hydrogen-bond acceptors (Lipinski definition) is 6. The van der Waals surface area contributed by atoms with Crippen molar-refractivity contribution in [1.82, 2.24) is 9.80 Å². The molecule has 3 fully saturated rings. The number of likely N-dealkylation sites (N-methyl/N-ethyl adjacent to an activating group) is 1. The molecule has 0 unspecified atom stereocenters. The number of furan rings is 1. The molecule has 1 amide bonds. The average Bonchev–Trinajstić information content (AvgIpc) is 3.36. The number of amides is 1. The molecule has 7 heteroatoms. The van der Waals surface area contributed by atoms with E-state index >= 15 is 0 Å². The van der Waals surface area contributed by atoms with E-state index in [0.717, 1.165) is 43.0 Å². The van der Waals surface area contributed by atoms with E-state index in [1.165, 1.54) is 18.4 Å². The lowest BCUT2D eigenvalue weighted by atomic mass is 9.48. The number of hydrogen-bond donors (Lipinski definition) is 2. The molecule has 35 heavy (non-hydrogen) atoms. The molecule has 184 valence electrons. The fourth-order valence-corrected chi connectivity index (χ4v) is 7.67. The van der Waals surface area contributed by atoms with Crippen molar-refractivity contribution in [3.05, 3.63) is 53.5 Å². The van der Waals surface area contributed by atoms with Gasteiger partial charge < -0.3 is 24.3 Å². The topological polar surface area (TPSA) is 86.4 Å². The molecule has 5 aliphatic rings. The molecule has 2 aliphatic heterocycles. The molecule has 5 atom stereocenters. The van der Waals surface area contributed by atoms with Gasteiger partial charge in [-0.15, -0.1) is 0 Å². The molecule has 3 heterocycles. The Morgan fingerprint density at radius 1 is 1.26 bits per heavy atom. The first-order chi connectivity index (χ1) is 16.9. The summed E-state index contributed by atoms with van der Waals surface area (Å²) in [5.41, 5.74) is 1.44. The summed E-state index contributed by atoms with van der Waals surface area (Å²) in [6.07, 6.45) is 11.5. The lowest BCUT2D eigenvalue weighted by Crippen LogP contribution is -2.78. The van der Waals surface area contributed by atoms with Crippen molar-refractivity contribution in [2.24, 2.45) is 5.92 Å². The minimum Gasteiger partial charge on any atom is -0.504 e. The predicted molar refractivity (Wildman–Crippen MR) is 129 cm³/mol. The Labute approximate surface area is 205 Å². The molecule has 7 rings (SSSR count). The van der Waals surface area contributed by atoms with Crippen molar-refractivity contribution in [1.29, 1.82) is 0 Å². The molecule has 1 saturated heterocycles. The van der Waals surface area contributed by atoms with Gasteiger partial charge in [-0.1, -0.05) is 6.07 Å². The van der Waals surface area contributed by atoms with Gasteiger partial charge in [-0.2, -0.15) is 0 Å². The standard InChI is InChI=1S/C28H32N2O5/c1-29(23(32)7-4-18-9-13-34-16-18)20-8-10-28(33)22-14-19-5-6-21(31)25-24(19)27(28,26(20)35-25)11-12-30(22)15-17-2-3-17/h4-7,9,13,16-17,20,22,26,31,33H,2-3,8,10-12,14-15H2,1H3/b7-4+/t20-,22-,26-,27-,28+/m0/s1. The van der Waals surface area contributed by atoms with Crippen molar-refractivity contribution >= 4 is 12.0 Å². The number of benzene rings is 1. The maximum absolute atomic E-state index is 13.2. The summed E-state index contributed by atoms with van der Waals surface area (Å²) >= 11 is 0. The molecule has 0 radical (unpaired) electrons. The number of aliphatic hydroxyl groups is 1. The number of phenols is 1. The van der Waals surface area contributed by atoms with Gasteiger partial charge in [0.1, 0.15) is 6.10 Å². The molecule has 7 nitrogen and oxygen atoms in total. The quantitative estimate of drug-likeness (QED) is 0.645. The fraction of sp³-hybridized carbons (Fsp3) is 0.536. The SMILES string of the molecule is CN(C(=O)/C=C/c1ccoc1)[C@H]1CC[C@@]2(O)[C@@H]3Cc4ccc(O)c5c4[C@@]2(CCN3CC2CC2)[C@H]1O5. The first-order valence-electron chi connectivity index (χ1n) is 12.9. The van der Waals surface area contributed by atoms with E-state index in [1.54, 1.807) is 35.6 Å². The third-order valence-electron chi connectivity index (χ3n) is 9.54. The molecule has 2 saturated carbocycles. The summed E-state index contributed by atoms with van der Waals surface area (Å²) in [5.74, 6) is 1.28. The van der Waals surface area contributed by atoms with Crippen molar-refractivity contribution < 1.29 is 24.2 Å². The highest BCUT2D eigenvalue weighted by atomic mass is 16.5. The second kappa shape index (κ2) is 7.37. The molecule has 2 aromatic rings. The summed E-state index contributed by atoms with van der Waals surface area (Å²) in [6.45, 7) is 1.96. The van der Waals surface area contributed by atoms with Crippen LogP contribution in [0.15, 0.2) is 41.2 Å². The van der Waals surface area contributed by atoms with Crippen LogP contribution in [0, 0.1) is 5.92 Å². The van der Waals surface area contributed by atoms with Crippen LogP contribution < -0.4 is 4.74 Å². The van der Waals surface area contributed by atoms with E-state index in [4.69, 9.17) is 9.15 Å². The van der Waals surface area contributed by atoms with E-state index < -0.39 is 17.1 Å². The van der Waals surface area contributed by atoms with Gasteiger partial charge in [0.15, 0.2) is 11.5 Å². The van der Waals surface area contributed by atoms with Crippen molar-refractivity contribution in [2.45, 2.75) is 67.7 Å². The molecule has 1 spiro atoms. The van der Waals surface area contributed by atoms with Crippen LogP contribution in [0.1, 0.15) is 48.8 Å². The zero-order chi connectivity index (χ0) is 23.9. The number of rotatable bonds is 5. The van der Waals surface area contributed by atoms with Gasteiger partial charge in [-0.05, 0) is 74.8 Å². The monoisotopic (exact) mass is 476 g/mol. The lowest BCUT2D eigenvalue weighted by Gasteiger charge is -2.64. The van der Waals surface area contributed by atoms with Crippen molar-refractivity contribution in [3.63, 3.8) is 0 Å². The van der Waals surface area contributed by atoms with Crippen LogP contribution in [0.4, 0.5) is 0 Å². The predicted octanol–water partition coefficient (Wildman–Crippen LogP) is 3.09. The molecule has 1 aromatic carbocycles. The zero-order valence-electron chi connectivity index (χ0n) is 20.0. The molecular formula is C28H32N2O5. The summed E-state index contributed by atoms with van der Waals surface area (Å²) < 4.78 is 11.7. The first-order valence-corrected chi connectivity index (χ1v) is 12.9. The third kappa shape index (κ3) is 2.88. The normalized spacial score (nSPS) is 35.1. The highest BCUT2D eigenvalue weighted by Gasteiger charge is 2.73. The van der Waals surface area contributed by atoms with Gasteiger partial charge in [0.25, 0.3) is 0 Å². The fourth-order valence-electron chi connectivity index (χ4n) is 7.67. The lowest BCUT2D eigenvalue weighted by molar-refractivity contribution is -0.200. The maximum atomic E-state index is 13.2. The molecular weight excluding hydrogens is 444 g/mol. The number of carbonyl (C=O) groups excluding carboxylic acids is 1. The Balaban J connectivity index is 1.28. The minimum atomic E-state index is -0.941. The summed E-state index contributed by atoms with van der Waals surface area (Å²) in [5, 5.41) is 23.3. The number of likely N-dealkylation sites (tertiary alicyclic amines) is 1. The van der Waals surface area contributed by atoms with Crippen LogP contribution >= 0.6 is 0 Å². The second-order valence-electron chi connectivity index (χ2n) is 11.2. The highest BCUT2D eigenvalue weighted by molar-refractivity contribution is 5.91. The third-order valence-corrected chi connectivity index (χ3v) is 9.54. The maximum Gasteiger partial charge on any atom is 0.246 e. The number of phenolic OH excluding ortho intramolecular Hbond substituents is 1. The molecule has 3 aliphatic carbocycles. The Hall–Kier alpha value is -2.77. The number of carbonyl (C=O) groups is 1. The minimum absolute atomic E-state index is 0.0360. The summed E-state index contributed by atoms with van der Waals surface area (Å²) in [6, 6.07) is 5.38. The second-order valence-corrected chi connectivity index (χ2v) is 11.2. The Bertz CT molecular complexity index is 1200. The van der Waals surface area contributed by atoms with Gasteiger partial charge in [-0.25, -0.2) is 0 Å². The van der Waals surface area contributed by atoms with E-state index in [2.05, 4.69) is 4.90 Å². The van der Waals surface area contributed by atoms with E-state index in [0.29, 0.717) is 18.6 Å². The molecule has 2 N–H and O–H groups in total. The number of aromatic hydroxyl groups is 1. The zero-order valence-corrected chi connectivity index (χ0v) is 20.0. The van der Waals surface area contributed by atoms with Gasteiger partial charge in [0, 0.05) is 36.8 Å². The Kier molecular flexibility index (Phi) is 4.53. The highest BCUT2D eigenvalue weighted by Crippen LogP contribution is 2.66. The van der Waals surface area contributed by atoms with Crippen molar-refractivity contribution in [3.8, 4) is 11.5 Å². The van der Waals surface area contributed by atoms with E-state index in [1.807, 2.05) is 19.2 Å². The van der Waals surface area contributed by atoms with Crippen LogP contribution in [0.2, 0.25) is 0 Å². The van der Waals surface area contributed by atoms with Crippen LogP contribution in [0.5, 0.6) is 11.5 Å². The number of ether oxygens (including phenoxy) is 1. The van der Waals surface area contributed by atoms with Crippen LogP contribution in [-0.2, 0) is 16.6 Å². The molecule has 1 aromatic heterocycles. The van der Waals surface area contributed by atoms with Gasteiger partial charge >= 0.3 is 0 Å². The summed E-state index contributed by atoms with van der Waals surface area (Å²) in [4.78, 5) is 17.5. The van der Waals surface area contributed by atoms with E-state index in [9.17, 15) is 15.0 Å². The number of nitrogens with zero attached hydrogens (tertiary/aromatic N) is 2. The number of piperidine rings is 1. The molecule has 2 bridgehead atoms. The average molecular weight is 477 g/mol. The smallest absolute Gasteiger partial charge is 0.246 e. The first kappa shape index (κ1) is 21.5. The Morgan fingerprint density at radius 2 is 2.11 bits per heavy atom. The van der Waals surface area contributed by atoms with E-state index in [-0.39, 0.29) is 23.7 Å². The van der Waals surface area contributed by atoms with Crippen LogP contribution in [0.25, 0.3) is 6.08 Å². The van der Waals surface area contributed by atoms with Gasteiger partial charge in [-0.3, -0.25) is 9.69 Å². The van der Waals surface area contributed by atoms with Gasteiger partial charge in [0.05, 0.1) is 29.6 Å². The van der Waals surface area contributed by atoms with Crippen molar-refractivity contribution in [2.75, 3.05) is 20.1 Å². The van der Waals surface area contributed by atoms with Crippen LogP contribution in [0.3, 0.4) is 0 Å². The Morgan fingerprint density at radius 3 is 2.89 bits per heavy atom. The largest absolute Gasteiger partial charge is 0.504 e. The summed E-state index contributed by atoms with van der Waals surface area (Å²) in [7, 11) is 1.82.